The first kappa shape index (κ1) is 16.0. The minimum atomic E-state index is -0.222. The molecule has 1 aromatic heterocycles. The zero-order chi connectivity index (χ0) is 17.1. The van der Waals surface area contributed by atoms with E-state index in [0.29, 0.717) is 35.7 Å². The van der Waals surface area contributed by atoms with Crippen molar-refractivity contribution in [3.63, 3.8) is 0 Å². The van der Waals surface area contributed by atoms with Gasteiger partial charge in [0.2, 0.25) is 0 Å². The molecule has 24 heavy (non-hydrogen) atoms. The Morgan fingerprint density at radius 1 is 1.38 bits per heavy atom. The molecule has 1 aliphatic rings. The summed E-state index contributed by atoms with van der Waals surface area (Å²) in [5, 5.41) is 5.54. The highest BCUT2D eigenvalue weighted by atomic mass is 16.5. The van der Waals surface area contributed by atoms with Gasteiger partial charge < -0.3 is 19.9 Å². The van der Waals surface area contributed by atoms with Crippen LogP contribution in [0.3, 0.4) is 0 Å². The first-order valence-electron chi connectivity index (χ1n) is 7.90. The molecule has 7 heteroatoms. The van der Waals surface area contributed by atoms with Crippen molar-refractivity contribution in [3.8, 4) is 11.4 Å². The number of nitrogens with one attached hydrogen (secondary N) is 2. The van der Waals surface area contributed by atoms with E-state index in [1.165, 1.54) is 0 Å². The molecule has 7 nitrogen and oxygen atoms in total. The van der Waals surface area contributed by atoms with Gasteiger partial charge in [-0.25, -0.2) is 4.98 Å². The van der Waals surface area contributed by atoms with Crippen LogP contribution in [-0.4, -0.2) is 42.1 Å². The van der Waals surface area contributed by atoms with Crippen LogP contribution in [0.15, 0.2) is 24.5 Å². The molecule has 2 N–H and O–H groups in total. The third kappa shape index (κ3) is 2.84. The summed E-state index contributed by atoms with van der Waals surface area (Å²) >= 11 is 0. The van der Waals surface area contributed by atoms with Crippen LogP contribution >= 0.6 is 0 Å². The molecule has 1 aliphatic heterocycles. The van der Waals surface area contributed by atoms with Crippen molar-refractivity contribution in [2.75, 3.05) is 20.7 Å². The molecular formula is C17H20N4O3. The third-order valence-corrected chi connectivity index (χ3v) is 4.14. The lowest BCUT2D eigenvalue weighted by molar-refractivity contribution is 0.0948. The SMILES string of the molecule is CNC(=O)c1ncn2c1CCCCNC(=O)c1cc(OC)ccc1-2. The number of rotatable bonds is 2. The second-order valence-corrected chi connectivity index (χ2v) is 5.59. The summed E-state index contributed by atoms with van der Waals surface area (Å²) in [4.78, 5) is 28.9. The number of amides is 2. The maximum Gasteiger partial charge on any atom is 0.271 e. The van der Waals surface area contributed by atoms with Gasteiger partial charge in [0.15, 0.2) is 0 Å². The number of benzene rings is 1. The van der Waals surface area contributed by atoms with Gasteiger partial charge in [-0.1, -0.05) is 0 Å². The Labute approximate surface area is 140 Å². The van der Waals surface area contributed by atoms with E-state index in [1.807, 2.05) is 10.6 Å². The van der Waals surface area contributed by atoms with Gasteiger partial charge in [0.05, 0.1) is 24.1 Å². The van der Waals surface area contributed by atoms with E-state index in [1.54, 1.807) is 32.6 Å². The average Bonchev–Trinajstić information content (AvgIpc) is 3.03. The Kier molecular flexibility index (Phi) is 4.50. The number of ether oxygens (including phenoxy) is 1. The summed E-state index contributed by atoms with van der Waals surface area (Å²) in [6.07, 6.45) is 4.01. The minimum absolute atomic E-state index is 0.160. The van der Waals surface area contributed by atoms with Crippen LogP contribution in [0.2, 0.25) is 0 Å². The fraction of sp³-hybridized carbons (Fsp3) is 0.353. The van der Waals surface area contributed by atoms with Gasteiger partial charge in [0.25, 0.3) is 11.8 Å². The number of carbonyl (C=O) groups is 2. The minimum Gasteiger partial charge on any atom is -0.497 e. The normalized spacial score (nSPS) is 14.2. The van der Waals surface area contributed by atoms with Gasteiger partial charge in [-0.15, -0.1) is 0 Å². The van der Waals surface area contributed by atoms with E-state index in [0.717, 1.165) is 18.5 Å². The summed E-state index contributed by atoms with van der Waals surface area (Å²) in [5.74, 6) is 0.224. The largest absolute Gasteiger partial charge is 0.497 e. The van der Waals surface area contributed by atoms with Crippen molar-refractivity contribution in [1.82, 2.24) is 20.2 Å². The highest BCUT2D eigenvalue weighted by Crippen LogP contribution is 2.25. The van der Waals surface area contributed by atoms with Crippen LogP contribution in [0.4, 0.5) is 0 Å². The molecule has 0 fully saturated rings. The number of hydrogen-bond donors (Lipinski definition) is 2. The molecule has 3 rings (SSSR count). The first-order chi connectivity index (χ1) is 11.7. The lowest BCUT2D eigenvalue weighted by Gasteiger charge is -2.17. The van der Waals surface area contributed by atoms with Gasteiger partial charge >= 0.3 is 0 Å². The smallest absolute Gasteiger partial charge is 0.271 e. The van der Waals surface area contributed by atoms with Gasteiger partial charge in [0, 0.05) is 13.6 Å². The van der Waals surface area contributed by atoms with Crippen LogP contribution in [0, 0.1) is 0 Å². The number of imidazole rings is 1. The summed E-state index contributed by atoms with van der Waals surface area (Å²) < 4.78 is 7.06. The highest BCUT2D eigenvalue weighted by Gasteiger charge is 2.22. The molecule has 0 unspecified atom stereocenters. The van der Waals surface area contributed by atoms with Gasteiger partial charge in [-0.05, 0) is 37.5 Å². The lowest BCUT2D eigenvalue weighted by Crippen LogP contribution is -2.27. The molecule has 126 valence electrons. The van der Waals surface area contributed by atoms with Crippen molar-refractivity contribution in [3.05, 3.63) is 41.5 Å². The summed E-state index contributed by atoms with van der Waals surface area (Å²) in [6, 6.07) is 5.31. The molecule has 0 saturated carbocycles. The number of methoxy groups -OCH3 is 1. The molecule has 1 aromatic carbocycles. The molecule has 0 atom stereocenters. The van der Waals surface area contributed by atoms with Crippen LogP contribution < -0.4 is 15.4 Å². The quantitative estimate of drug-likeness (QED) is 0.870. The molecule has 2 aromatic rings. The van der Waals surface area contributed by atoms with E-state index in [4.69, 9.17) is 4.74 Å². The lowest BCUT2D eigenvalue weighted by atomic mass is 10.1. The van der Waals surface area contributed by atoms with Crippen molar-refractivity contribution < 1.29 is 14.3 Å². The zero-order valence-corrected chi connectivity index (χ0v) is 13.8. The first-order valence-corrected chi connectivity index (χ1v) is 7.90. The molecule has 0 saturated heterocycles. The van der Waals surface area contributed by atoms with E-state index < -0.39 is 0 Å². The predicted molar refractivity (Wildman–Crippen MR) is 88.8 cm³/mol. The number of fused-ring (bicyclic) bond motifs is 3. The third-order valence-electron chi connectivity index (χ3n) is 4.14. The second-order valence-electron chi connectivity index (χ2n) is 5.59. The fourth-order valence-electron chi connectivity index (χ4n) is 2.88. The second kappa shape index (κ2) is 6.74. The molecule has 0 radical (unpaired) electrons. The van der Waals surface area contributed by atoms with Gasteiger partial charge in [-0.2, -0.15) is 0 Å². The van der Waals surface area contributed by atoms with Gasteiger partial charge in [-0.3, -0.25) is 9.59 Å². The number of nitrogens with zero attached hydrogens (tertiary/aromatic N) is 2. The van der Waals surface area contributed by atoms with Crippen molar-refractivity contribution >= 4 is 11.8 Å². The Balaban J connectivity index is 2.20. The summed E-state index contributed by atoms with van der Waals surface area (Å²) in [7, 11) is 3.15. The van der Waals surface area contributed by atoms with Crippen LogP contribution in [0.1, 0.15) is 39.4 Å². The molecule has 0 bridgehead atoms. The van der Waals surface area contributed by atoms with E-state index in [-0.39, 0.29) is 11.8 Å². The van der Waals surface area contributed by atoms with Crippen LogP contribution in [-0.2, 0) is 6.42 Å². The highest BCUT2D eigenvalue weighted by molar-refractivity contribution is 5.98. The number of aromatic nitrogens is 2. The van der Waals surface area contributed by atoms with Crippen molar-refractivity contribution in [1.29, 1.82) is 0 Å². The standard InChI is InChI=1S/C17H20N4O3/c1-18-17(23)15-14-5-3-4-8-19-16(22)12-9-11(24-2)6-7-13(12)21(14)10-20-15/h6-7,9-10H,3-5,8H2,1-2H3,(H,18,23)(H,19,22). The van der Waals surface area contributed by atoms with E-state index >= 15 is 0 Å². The van der Waals surface area contributed by atoms with E-state index in [2.05, 4.69) is 15.6 Å². The molecule has 0 aliphatic carbocycles. The van der Waals surface area contributed by atoms with Crippen molar-refractivity contribution in [2.45, 2.75) is 19.3 Å². The predicted octanol–water partition coefficient (Wildman–Crippen LogP) is 1.31. The van der Waals surface area contributed by atoms with Crippen molar-refractivity contribution in [2.24, 2.45) is 0 Å². The average molecular weight is 328 g/mol. The Morgan fingerprint density at radius 2 is 2.21 bits per heavy atom. The zero-order valence-electron chi connectivity index (χ0n) is 13.8. The molecular weight excluding hydrogens is 308 g/mol. The molecule has 2 amide bonds. The number of carbonyl (C=O) groups excluding carboxylic acids is 2. The van der Waals surface area contributed by atoms with E-state index in [9.17, 15) is 9.59 Å². The number of hydrogen-bond acceptors (Lipinski definition) is 4. The maximum atomic E-state index is 12.5. The monoisotopic (exact) mass is 328 g/mol. The summed E-state index contributed by atoms with van der Waals surface area (Å²) in [6.45, 7) is 0.596. The van der Waals surface area contributed by atoms with Crippen LogP contribution in [0.25, 0.3) is 5.69 Å². The summed E-state index contributed by atoms with van der Waals surface area (Å²) in [5.41, 5.74) is 2.40. The molecule has 0 spiro atoms. The Hall–Kier alpha value is -2.83. The maximum absolute atomic E-state index is 12.5. The van der Waals surface area contributed by atoms with Gasteiger partial charge in [0.1, 0.15) is 17.8 Å². The Bertz CT molecular complexity index is 782. The topological polar surface area (TPSA) is 85.3 Å². The van der Waals surface area contributed by atoms with Crippen LogP contribution in [0.5, 0.6) is 5.75 Å². The Morgan fingerprint density at radius 3 is 2.96 bits per heavy atom. The molecule has 2 heterocycles. The fourth-order valence-corrected chi connectivity index (χ4v) is 2.88.